The number of H-pyrrole nitrogens is 1. The maximum Gasteiger partial charge on any atom is 0.429 e. The van der Waals surface area contributed by atoms with Gasteiger partial charge in [-0.1, -0.05) is 22.4 Å². The van der Waals surface area contributed by atoms with Crippen molar-refractivity contribution in [1.29, 1.82) is 0 Å². The van der Waals surface area contributed by atoms with Crippen molar-refractivity contribution in [2.24, 2.45) is 0 Å². The maximum atomic E-state index is 11.1. The van der Waals surface area contributed by atoms with Crippen molar-refractivity contribution in [3.05, 3.63) is 45.9 Å². The Labute approximate surface area is 104 Å². The third-order valence-electron chi connectivity index (χ3n) is 2.55. The summed E-state index contributed by atoms with van der Waals surface area (Å²) in [5.41, 5.74) is 1.57. The van der Waals surface area contributed by atoms with E-state index in [1.807, 2.05) is 0 Å². The van der Waals surface area contributed by atoms with Crippen LogP contribution in [0.3, 0.4) is 0 Å². The number of nitrogens with zero attached hydrogens (tertiary/aromatic N) is 1. The van der Waals surface area contributed by atoms with Gasteiger partial charge in [0.25, 0.3) is 5.69 Å². The van der Waals surface area contributed by atoms with Crippen LogP contribution in [0.2, 0.25) is 0 Å². The molecule has 0 saturated carbocycles. The lowest BCUT2D eigenvalue weighted by Gasteiger charge is -1.98. The quantitative estimate of drug-likeness (QED) is 0.664. The molecular weight excluding hydrogens is 236 g/mol. The number of thioether (sulfide) groups is 1. The molecule has 0 amide bonds. The Kier molecular flexibility index (Phi) is 3.68. The van der Waals surface area contributed by atoms with E-state index in [2.05, 4.69) is 41.0 Å². The first-order valence-electron chi connectivity index (χ1n) is 5.44. The van der Waals surface area contributed by atoms with Crippen LogP contribution in [-0.2, 0) is 6.54 Å². The van der Waals surface area contributed by atoms with Crippen LogP contribution in [0.25, 0.3) is 0 Å². The molecule has 1 aromatic heterocycles. The number of aryl methyl sites for hydroxylation is 2. The first-order valence-corrected chi connectivity index (χ1v) is 6.43. The fourth-order valence-electron chi connectivity index (χ4n) is 1.45. The smallest absolute Gasteiger partial charge is 0.283 e. The number of hydrogen-bond donors (Lipinski definition) is 1. The zero-order valence-electron chi connectivity index (χ0n) is 9.90. The van der Waals surface area contributed by atoms with E-state index in [4.69, 9.17) is 0 Å². The molecule has 1 aromatic carbocycles. The minimum absolute atomic E-state index is 0.301. The zero-order valence-corrected chi connectivity index (χ0v) is 10.7. The van der Waals surface area contributed by atoms with Crippen LogP contribution in [0.15, 0.2) is 38.5 Å². The summed E-state index contributed by atoms with van der Waals surface area (Å²) in [6, 6.07) is 8.41. The lowest BCUT2D eigenvalue weighted by atomic mass is 10.2. The second-order valence-corrected chi connectivity index (χ2v) is 5.05. The van der Waals surface area contributed by atoms with Gasteiger partial charge in [-0.2, -0.15) is 0 Å². The zero-order chi connectivity index (χ0) is 12.3. The van der Waals surface area contributed by atoms with E-state index in [0.717, 1.165) is 12.3 Å². The summed E-state index contributed by atoms with van der Waals surface area (Å²) in [4.78, 5) is 12.3. The molecule has 0 aliphatic rings. The molecule has 1 N–H and O–H groups in total. The van der Waals surface area contributed by atoms with Gasteiger partial charge < -0.3 is 0 Å². The average molecular weight is 251 g/mol. The summed E-state index contributed by atoms with van der Waals surface area (Å²) in [6.45, 7) is 4.55. The SMILES string of the molecule is Cc1ccc(SCC[n+]2[nH]oc(=O)c2C)cc1. The number of aromatic nitrogens is 2. The largest absolute Gasteiger partial charge is 0.429 e. The van der Waals surface area contributed by atoms with Gasteiger partial charge in [0.05, 0.1) is 5.75 Å². The molecule has 4 nitrogen and oxygen atoms in total. The molecule has 0 atom stereocenters. The van der Waals surface area contributed by atoms with Crippen LogP contribution in [-0.4, -0.2) is 11.0 Å². The predicted octanol–water partition coefficient (Wildman–Crippen LogP) is 1.66. The topological polar surface area (TPSA) is 49.9 Å². The highest BCUT2D eigenvalue weighted by molar-refractivity contribution is 7.99. The number of hydrogen-bond acceptors (Lipinski definition) is 3. The van der Waals surface area contributed by atoms with Crippen molar-refractivity contribution in [3.8, 4) is 0 Å². The van der Waals surface area contributed by atoms with Crippen LogP contribution in [0.5, 0.6) is 0 Å². The molecule has 2 rings (SSSR count). The highest BCUT2D eigenvalue weighted by Gasteiger charge is 2.14. The third kappa shape index (κ3) is 3.00. The lowest BCUT2D eigenvalue weighted by Crippen LogP contribution is -2.40. The summed E-state index contributed by atoms with van der Waals surface area (Å²) in [5.74, 6) is 0.893. The summed E-state index contributed by atoms with van der Waals surface area (Å²) < 4.78 is 6.41. The highest BCUT2D eigenvalue weighted by Crippen LogP contribution is 2.17. The summed E-state index contributed by atoms with van der Waals surface area (Å²) in [6.07, 6.45) is 0. The van der Waals surface area contributed by atoms with Crippen molar-refractivity contribution in [2.45, 2.75) is 25.3 Å². The summed E-state index contributed by atoms with van der Waals surface area (Å²) in [5, 5.41) is 2.58. The van der Waals surface area contributed by atoms with Gasteiger partial charge in [0.15, 0.2) is 6.54 Å². The van der Waals surface area contributed by atoms with Crippen molar-refractivity contribution in [2.75, 3.05) is 5.75 Å². The number of rotatable bonds is 4. The minimum atomic E-state index is -0.301. The molecule has 0 aliphatic carbocycles. The lowest BCUT2D eigenvalue weighted by molar-refractivity contribution is -0.763. The highest BCUT2D eigenvalue weighted by atomic mass is 32.2. The van der Waals surface area contributed by atoms with Crippen molar-refractivity contribution < 1.29 is 9.20 Å². The first-order chi connectivity index (χ1) is 8.16. The average Bonchev–Trinajstić information content (AvgIpc) is 2.64. The molecule has 0 aliphatic heterocycles. The van der Waals surface area contributed by atoms with Crippen LogP contribution >= 0.6 is 11.8 Å². The van der Waals surface area contributed by atoms with Gasteiger partial charge in [-0.15, -0.1) is 11.8 Å². The van der Waals surface area contributed by atoms with Crippen molar-refractivity contribution in [1.82, 2.24) is 5.27 Å². The Bertz CT molecular complexity index is 542. The van der Waals surface area contributed by atoms with Gasteiger partial charge in [0.2, 0.25) is 0 Å². The van der Waals surface area contributed by atoms with Gasteiger partial charge in [-0.25, -0.2) is 4.79 Å². The van der Waals surface area contributed by atoms with E-state index in [0.29, 0.717) is 5.69 Å². The minimum Gasteiger partial charge on any atom is -0.283 e. The molecule has 1 heterocycles. The molecular formula is C12H15N2O2S+. The van der Waals surface area contributed by atoms with E-state index in [9.17, 15) is 4.79 Å². The van der Waals surface area contributed by atoms with Crippen LogP contribution in [0.4, 0.5) is 0 Å². The van der Waals surface area contributed by atoms with Crippen molar-refractivity contribution >= 4 is 11.8 Å². The summed E-state index contributed by atoms with van der Waals surface area (Å²) >= 11 is 1.76. The molecule has 0 bridgehead atoms. The van der Waals surface area contributed by atoms with Crippen molar-refractivity contribution in [3.63, 3.8) is 0 Å². The molecule has 0 saturated heterocycles. The Morgan fingerprint density at radius 2 is 2.00 bits per heavy atom. The Morgan fingerprint density at radius 3 is 2.59 bits per heavy atom. The molecule has 0 radical (unpaired) electrons. The number of aromatic amines is 1. The van der Waals surface area contributed by atoms with Gasteiger partial charge in [-0.3, -0.25) is 4.52 Å². The van der Waals surface area contributed by atoms with E-state index < -0.39 is 0 Å². The molecule has 0 unspecified atom stereocenters. The Balaban J connectivity index is 1.90. The maximum absolute atomic E-state index is 11.1. The molecule has 5 heteroatoms. The van der Waals surface area contributed by atoms with Crippen LogP contribution in [0.1, 0.15) is 11.3 Å². The number of nitrogens with one attached hydrogen (secondary N) is 1. The fourth-order valence-corrected chi connectivity index (χ4v) is 2.29. The third-order valence-corrected chi connectivity index (χ3v) is 3.55. The molecule has 17 heavy (non-hydrogen) atoms. The van der Waals surface area contributed by atoms with Crippen LogP contribution < -0.4 is 10.3 Å². The Morgan fingerprint density at radius 1 is 1.29 bits per heavy atom. The second-order valence-electron chi connectivity index (χ2n) is 3.88. The van der Waals surface area contributed by atoms with Gasteiger partial charge in [-0.05, 0) is 24.3 Å². The number of benzene rings is 1. The van der Waals surface area contributed by atoms with E-state index in [1.165, 1.54) is 10.5 Å². The molecule has 0 spiro atoms. The van der Waals surface area contributed by atoms with Gasteiger partial charge in [0.1, 0.15) is 0 Å². The monoisotopic (exact) mass is 251 g/mol. The first kappa shape index (κ1) is 12.0. The van der Waals surface area contributed by atoms with E-state index in [1.54, 1.807) is 23.4 Å². The summed E-state index contributed by atoms with van der Waals surface area (Å²) in [7, 11) is 0. The van der Waals surface area contributed by atoms with Crippen LogP contribution in [0, 0.1) is 13.8 Å². The predicted molar refractivity (Wildman–Crippen MR) is 66.2 cm³/mol. The van der Waals surface area contributed by atoms with E-state index >= 15 is 0 Å². The van der Waals surface area contributed by atoms with Gasteiger partial charge >= 0.3 is 5.63 Å². The molecule has 2 aromatic rings. The van der Waals surface area contributed by atoms with E-state index in [-0.39, 0.29) is 5.63 Å². The normalized spacial score (nSPS) is 10.7. The fraction of sp³-hybridized carbons (Fsp3) is 0.333. The van der Waals surface area contributed by atoms with Gasteiger partial charge in [0, 0.05) is 11.8 Å². The standard InChI is InChI=1S/C12H14N2O2S/c1-9-3-5-11(6-4-9)17-8-7-14-10(2)12(15)16-13-14/h3-6H,7-8H2,1-2H3/p+1. The second kappa shape index (κ2) is 5.23. The Hall–Kier alpha value is -1.49. The molecule has 0 fully saturated rings. The molecule has 90 valence electrons.